The van der Waals surface area contributed by atoms with E-state index in [0.29, 0.717) is 11.5 Å². The molecule has 0 bridgehead atoms. The Morgan fingerprint density at radius 1 is 0.492 bits per heavy atom. The summed E-state index contributed by atoms with van der Waals surface area (Å²) in [6.45, 7) is 8.98. The molecule has 0 amide bonds. The molecule has 0 saturated heterocycles. The fourth-order valence-corrected chi connectivity index (χ4v) is 12.1. The minimum atomic E-state index is -0.202. The van der Waals surface area contributed by atoms with Gasteiger partial charge in [0.05, 0.1) is 0 Å². The first-order valence-corrected chi connectivity index (χ1v) is 25.3. The van der Waals surface area contributed by atoms with Crippen molar-refractivity contribution in [1.82, 2.24) is 0 Å². The molecule has 336 valence electrons. The van der Waals surface area contributed by atoms with Crippen LogP contribution in [0.15, 0.2) is 108 Å². The topological polar surface area (TPSA) is 58.9 Å². The third kappa shape index (κ3) is 8.83. The molecule has 0 radical (unpaired) electrons. The molecule has 2 N–H and O–H groups in total. The number of allylic oxidation sites excluding steroid dienone is 5. The number of aromatic hydroxyl groups is 2. The van der Waals surface area contributed by atoms with Gasteiger partial charge in [-0.25, -0.2) is 0 Å². The van der Waals surface area contributed by atoms with Crippen molar-refractivity contribution in [2.75, 3.05) is 0 Å². The van der Waals surface area contributed by atoms with Crippen LogP contribution in [0.1, 0.15) is 148 Å². The van der Waals surface area contributed by atoms with Gasteiger partial charge in [0, 0.05) is 33.4 Å². The molecule has 1 unspecified atom stereocenters. The normalized spacial score (nSPS) is 21.1. The summed E-state index contributed by atoms with van der Waals surface area (Å²) in [5.41, 5.74) is 19.8. The van der Waals surface area contributed by atoms with Gasteiger partial charge < -0.3 is 19.7 Å². The van der Waals surface area contributed by atoms with Crippen LogP contribution < -0.4 is 9.47 Å². The molecule has 5 aromatic rings. The summed E-state index contributed by atoms with van der Waals surface area (Å²) >= 11 is 0. The van der Waals surface area contributed by atoms with Gasteiger partial charge >= 0.3 is 0 Å². The number of hydrogen-bond acceptors (Lipinski definition) is 4. The van der Waals surface area contributed by atoms with Crippen molar-refractivity contribution in [2.24, 2.45) is 0 Å². The molecular weight excluding hydrogens is 797 g/mol. The second-order valence-corrected chi connectivity index (χ2v) is 19.9. The lowest BCUT2D eigenvalue weighted by molar-refractivity contribution is 0.0238. The molecule has 5 aromatic carbocycles. The second kappa shape index (κ2) is 19.2. The first kappa shape index (κ1) is 43.4. The Morgan fingerprint density at radius 2 is 1.00 bits per heavy atom. The van der Waals surface area contributed by atoms with E-state index in [1.165, 1.54) is 90.3 Å². The van der Waals surface area contributed by atoms with E-state index in [1.807, 2.05) is 18.2 Å². The van der Waals surface area contributed by atoms with E-state index in [9.17, 15) is 10.2 Å². The number of phenolic OH excluding ortho intramolecular Hbond substituents is 2. The van der Waals surface area contributed by atoms with Gasteiger partial charge in [0.2, 0.25) is 0 Å². The maximum Gasteiger partial charge on any atom is 0.135 e. The molecule has 4 heteroatoms. The highest BCUT2D eigenvalue weighted by Crippen LogP contribution is 2.50. The van der Waals surface area contributed by atoms with Crippen LogP contribution >= 0.6 is 0 Å². The number of ether oxygens (including phenoxy) is 2. The van der Waals surface area contributed by atoms with E-state index in [2.05, 4.69) is 87.2 Å². The second-order valence-electron chi connectivity index (χ2n) is 19.9. The molecule has 10 rings (SSSR count). The highest BCUT2D eigenvalue weighted by atomic mass is 16.5. The van der Waals surface area contributed by atoms with E-state index in [1.54, 1.807) is 0 Å². The summed E-state index contributed by atoms with van der Waals surface area (Å²) in [5.74, 6) is 2.17. The maximum absolute atomic E-state index is 12.5. The SMILES string of the molecule is C=C1CCCCC/C=C2/CCCCC2=C1c1cc(C)cc(-c2ccccc2O[C@@H]2CCCCC2Oc2ccccc2-c2cc(C)cc(-c3c4c(cc5c3CCCC5)CCCC4)c2O)c1O. The highest BCUT2D eigenvalue weighted by molar-refractivity contribution is 5.91. The monoisotopic (exact) mass is 865 g/mol. The molecule has 0 aliphatic heterocycles. The Morgan fingerprint density at radius 3 is 1.63 bits per heavy atom. The van der Waals surface area contributed by atoms with Crippen LogP contribution in [-0.2, 0) is 25.7 Å². The lowest BCUT2D eigenvalue weighted by Gasteiger charge is -2.33. The van der Waals surface area contributed by atoms with Crippen molar-refractivity contribution in [2.45, 2.75) is 161 Å². The van der Waals surface area contributed by atoms with Crippen molar-refractivity contribution >= 4 is 5.57 Å². The van der Waals surface area contributed by atoms with Crippen LogP contribution in [0.4, 0.5) is 0 Å². The smallest absolute Gasteiger partial charge is 0.135 e. The Labute approximate surface area is 388 Å². The summed E-state index contributed by atoms with van der Waals surface area (Å²) in [4.78, 5) is 0. The van der Waals surface area contributed by atoms with Crippen molar-refractivity contribution in [1.29, 1.82) is 0 Å². The molecular formula is C61H68O4. The van der Waals surface area contributed by atoms with Crippen LogP contribution in [0.5, 0.6) is 23.0 Å². The fraction of sp³-hybridized carbons (Fsp3) is 0.410. The van der Waals surface area contributed by atoms with Gasteiger partial charge in [0.1, 0.15) is 35.2 Å². The Balaban J connectivity index is 0.985. The number of benzene rings is 5. The number of rotatable bonds is 8. The van der Waals surface area contributed by atoms with E-state index in [-0.39, 0.29) is 12.2 Å². The van der Waals surface area contributed by atoms with Crippen molar-refractivity contribution in [3.8, 4) is 56.4 Å². The number of hydrogen-bond donors (Lipinski definition) is 2. The summed E-state index contributed by atoms with van der Waals surface area (Å²) < 4.78 is 14.3. The van der Waals surface area contributed by atoms with E-state index in [4.69, 9.17) is 9.47 Å². The number of phenols is 2. The van der Waals surface area contributed by atoms with Gasteiger partial charge in [-0.3, -0.25) is 0 Å². The molecule has 2 atom stereocenters. The van der Waals surface area contributed by atoms with Crippen LogP contribution in [0, 0.1) is 13.8 Å². The molecule has 2 fully saturated rings. The average molecular weight is 865 g/mol. The molecule has 4 nitrogen and oxygen atoms in total. The molecule has 2 saturated carbocycles. The minimum Gasteiger partial charge on any atom is -0.507 e. The summed E-state index contributed by atoms with van der Waals surface area (Å²) in [7, 11) is 0. The van der Waals surface area contributed by atoms with Gasteiger partial charge in [-0.05, 0) is 240 Å². The summed E-state index contributed by atoms with van der Waals surface area (Å²) in [6, 6.07) is 27.6. The zero-order chi connectivity index (χ0) is 44.4. The maximum atomic E-state index is 12.5. The lowest BCUT2D eigenvalue weighted by Crippen LogP contribution is -2.39. The average Bonchev–Trinajstić information content (AvgIpc) is 3.32. The molecule has 5 aliphatic carbocycles. The Kier molecular flexibility index (Phi) is 12.8. The largest absolute Gasteiger partial charge is 0.507 e. The van der Waals surface area contributed by atoms with E-state index < -0.39 is 0 Å². The van der Waals surface area contributed by atoms with Crippen LogP contribution in [0.3, 0.4) is 0 Å². The predicted octanol–water partition coefficient (Wildman–Crippen LogP) is 16.0. The zero-order valence-electron chi connectivity index (χ0n) is 39.0. The van der Waals surface area contributed by atoms with Crippen LogP contribution in [0.25, 0.3) is 39.0 Å². The first-order valence-electron chi connectivity index (χ1n) is 25.3. The quantitative estimate of drug-likeness (QED) is 0.163. The van der Waals surface area contributed by atoms with Crippen LogP contribution in [0.2, 0.25) is 0 Å². The number of para-hydroxylation sites is 2. The van der Waals surface area contributed by atoms with E-state index >= 15 is 0 Å². The minimum absolute atomic E-state index is 0.200. The summed E-state index contributed by atoms with van der Waals surface area (Å²) in [6.07, 6.45) is 25.3. The van der Waals surface area contributed by atoms with Gasteiger partial charge in [0.25, 0.3) is 0 Å². The van der Waals surface area contributed by atoms with Gasteiger partial charge in [-0.2, -0.15) is 0 Å². The molecule has 65 heavy (non-hydrogen) atoms. The van der Waals surface area contributed by atoms with E-state index in [0.717, 1.165) is 151 Å². The van der Waals surface area contributed by atoms with Crippen molar-refractivity contribution in [3.05, 3.63) is 147 Å². The third-order valence-corrected chi connectivity index (χ3v) is 15.3. The third-order valence-electron chi connectivity index (χ3n) is 15.3. The molecule has 0 spiro atoms. The molecule has 5 aliphatic rings. The highest BCUT2D eigenvalue weighted by Gasteiger charge is 2.32. The number of aryl methyl sites for hydroxylation is 4. The van der Waals surface area contributed by atoms with Crippen molar-refractivity contribution < 1.29 is 19.7 Å². The number of fused-ring (bicyclic) bond motifs is 3. The zero-order valence-corrected chi connectivity index (χ0v) is 39.0. The standard InChI is InChI=1S/C61H68O4/c1-39-34-50(60(62)52(36-39)58-41(3)20-6-4-5-7-21-42-22-8-11-25-45(42)58)48-28-14-16-30-54(48)64-56-32-18-19-33-57(56)65-55-31-17-15-29-49(55)51-35-40(2)37-53(61(51)63)59-46-26-12-9-23-43(46)38-44-24-10-13-27-47(44)59/h14-17,21,28-31,34-38,56-57,62-63H,3-13,18-20,22-27,32-33H2,1-2H3/b42-21-,58-45?/t56-,57?/m1/s1. The Bertz CT molecular complexity index is 2640. The van der Waals surface area contributed by atoms with Gasteiger partial charge in [0.15, 0.2) is 0 Å². The van der Waals surface area contributed by atoms with Crippen LogP contribution in [-0.4, -0.2) is 22.4 Å². The predicted molar refractivity (Wildman–Crippen MR) is 268 cm³/mol. The Hall–Kier alpha value is -5.48. The molecule has 0 heterocycles. The molecule has 0 aromatic heterocycles. The van der Waals surface area contributed by atoms with Gasteiger partial charge in [-0.1, -0.05) is 61.5 Å². The first-order chi connectivity index (χ1) is 31.8. The summed E-state index contributed by atoms with van der Waals surface area (Å²) in [5, 5.41) is 25.0. The van der Waals surface area contributed by atoms with Crippen molar-refractivity contribution in [3.63, 3.8) is 0 Å². The fourth-order valence-electron chi connectivity index (χ4n) is 12.1. The van der Waals surface area contributed by atoms with Gasteiger partial charge in [-0.15, -0.1) is 0 Å². The lowest BCUT2D eigenvalue weighted by atomic mass is 9.76.